The van der Waals surface area contributed by atoms with Crippen LogP contribution in [0.1, 0.15) is 69.9 Å². The van der Waals surface area contributed by atoms with Crippen molar-refractivity contribution in [2.75, 3.05) is 6.61 Å². The van der Waals surface area contributed by atoms with Gasteiger partial charge in [-0.05, 0) is 65.8 Å². The molecule has 2 aromatic carbocycles. The standard InChI is InChI=1S/C25H32O3/c1-16(2)13-22(25(26)27)19-11-12-24(28-15-18-9-10-18)23(14-19)21-8-6-5-7-20(21)17(3)4/h5-8,11-12,14,16-18,22H,9-10,13,15H2,1-4H3,(H,26,27). The lowest BCUT2D eigenvalue weighted by Gasteiger charge is -2.20. The van der Waals surface area contributed by atoms with E-state index in [1.165, 1.54) is 18.4 Å². The van der Waals surface area contributed by atoms with E-state index >= 15 is 0 Å². The molecule has 0 radical (unpaired) electrons. The van der Waals surface area contributed by atoms with Crippen molar-refractivity contribution in [3.63, 3.8) is 0 Å². The molecule has 2 aromatic rings. The summed E-state index contributed by atoms with van der Waals surface area (Å²) in [7, 11) is 0. The molecule has 0 heterocycles. The quantitative estimate of drug-likeness (QED) is 0.541. The number of hydrogen-bond acceptors (Lipinski definition) is 2. The molecule has 0 amide bonds. The Balaban J connectivity index is 2.06. The van der Waals surface area contributed by atoms with E-state index in [4.69, 9.17) is 4.74 Å². The number of carboxylic acids is 1. The molecule has 3 heteroatoms. The van der Waals surface area contributed by atoms with Crippen molar-refractivity contribution < 1.29 is 14.6 Å². The Labute approximate surface area is 168 Å². The van der Waals surface area contributed by atoms with E-state index in [2.05, 4.69) is 45.9 Å². The van der Waals surface area contributed by atoms with Gasteiger partial charge in [-0.1, -0.05) is 58.0 Å². The van der Waals surface area contributed by atoms with Gasteiger partial charge in [0.15, 0.2) is 0 Å². The van der Waals surface area contributed by atoms with Gasteiger partial charge in [-0.15, -0.1) is 0 Å². The molecule has 1 aliphatic rings. The first kappa shape index (κ1) is 20.4. The number of rotatable bonds is 9. The monoisotopic (exact) mass is 380 g/mol. The number of carboxylic acid groups (broad SMARTS) is 1. The second kappa shape index (κ2) is 8.81. The number of ether oxygens (including phenoxy) is 1. The van der Waals surface area contributed by atoms with E-state index in [1.54, 1.807) is 0 Å². The lowest BCUT2D eigenvalue weighted by molar-refractivity contribution is -0.139. The number of carbonyl (C=O) groups is 1. The average Bonchev–Trinajstić information content (AvgIpc) is 3.48. The Morgan fingerprint density at radius 2 is 1.79 bits per heavy atom. The van der Waals surface area contributed by atoms with Crippen molar-refractivity contribution in [2.45, 2.75) is 58.8 Å². The Kier molecular flexibility index (Phi) is 6.43. The third kappa shape index (κ3) is 4.95. The predicted octanol–water partition coefficient (Wildman–Crippen LogP) is 6.48. The van der Waals surface area contributed by atoms with Crippen LogP contribution in [0, 0.1) is 11.8 Å². The minimum Gasteiger partial charge on any atom is -0.493 e. The molecular weight excluding hydrogens is 348 g/mol. The second-order valence-electron chi connectivity index (χ2n) is 8.77. The number of benzene rings is 2. The van der Waals surface area contributed by atoms with Crippen LogP contribution in [0.15, 0.2) is 42.5 Å². The van der Waals surface area contributed by atoms with Gasteiger partial charge >= 0.3 is 5.97 Å². The van der Waals surface area contributed by atoms with Gasteiger partial charge in [0.1, 0.15) is 5.75 Å². The summed E-state index contributed by atoms with van der Waals surface area (Å²) in [6, 6.07) is 14.3. The normalized spacial score (nSPS) is 15.1. The zero-order chi connectivity index (χ0) is 20.3. The molecule has 0 aliphatic heterocycles. The van der Waals surface area contributed by atoms with Crippen LogP contribution in [-0.4, -0.2) is 17.7 Å². The first-order valence-corrected chi connectivity index (χ1v) is 10.5. The predicted molar refractivity (Wildman–Crippen MR) is 114 cm³/mol. The van der Waals surface area contributed by atoms with Crippen molar-refractivity contribution in [2.24, 2.45) is 11.8 Å². The summed E-state index contributed by atoms with van der Waals surface area (Å²) >= 11 is 0. The van der Waals surface area contributed by atoms with Crippen LogP contribution < -0.4 is 4.74 Å². The lowest BCUT2D eigenvalue weighted by atomic mass is 9.86. The van der Waals surface area contributed by atoms with Gasteiger partial charge in [0.25, 0.3) is 0 Å². The fraction of sp³-hybridized carbons (Fsp3) is 0.480. The van der Waals surface area contributed by atoms with E-state index in [1.807, 2.05) is 24.3 Å². The highest BCUT2D eigenvalue weighted by Gasteiger charge is 2.25. The molecule has 1 unspecified atom stereocenters. The molecule has 3 nitrogen and oxygen atoms in total. The van der Waals surface area contributed by atoms with Crippen LogP contribution in [0.5, 0.6) is 5.75 Å². The third-order valence-corrected chi connectivity index (χ3v) is 5.46. The maximum Gasteiger partial charge on any atom is 0.310 e. The second-order valence-corrected chi connectivity index (χ2v) is 8.77. The third-order valence-electron chi connectivity index (χ3n) is 5.46. The minimum atomic E-state index is -0.761. The average molecular weight is 381 g/mol. The van der Waals surface area contributed by atoms with Crippen LogP contribution in [0.4, 0.5) is 0 Å². The van der Waals surface area contributed by atoms with Crippen LogP contribution in [0.2, 0.25) is 0 Å². The number of hydrogen-bond donors (Lipinski definition) is 1. The molecule has 0 aromatic heterocycles. The Hall–Kier alpha value is -2.29. The highest BCUT2D eigenvalue weighted by atomic mass is 16.5. The van der Waals surface area contributed by atoms with Crippen LogP contribution in [0.25, 0.3) is 11.1 Å². The van der Waals surface area contributed by atoms with Crippen molar-refractivity contribution in [3.8, 4) is 16.9 Å². The van der Waals surface area contributed by atoms with Crippen molar-refractivity contribution in [1.29, 1.82) is 0 Å². The fourth-order valence-corrected chi connectivity index (χ4v) is 3.69. The zero-order valence-corrected chi connectivity index (χ0v) is 17.4. The molecule has 0 saturated heterocycles. The van der Waals surface area contributed by atoms with Crippen molar-refractivity contribution in [3.05, 3.63) is 53.6 Å². The summed E-state index contributed by atoms with van der Waals surface area (Å²) in [6.07, 6.45) is 3.11. The van der Waals surface area contributed by atoms with Crippen LogP contribution >= 0.6 is 0 Å². The maximum absolute atomic E-state index is 11.9. The lowest BCUT2D eigenvalue weighted by Crippen LogP contribution is -2.14. The summed E-state index contributed by atoms with van der Waals surface area (Å²) in [5.41, 5.74) is 4.26. The summed E-state index contributed by atoms with van der Waals surface area (Å²) in [5.74, 6) is 0.962. The number of aliphatic carboxylic acids is 1. The molecule has 1 atom stereocenters. The van der Waals surface area contributed by atoms with E-state index in [0.29, 0.717) is 24.2 Å². The smallest absolute Gasteiger partial charge is 0.310 e. The van der Waals surface area contributed by atoms with Gasteiger partial charge in [-0.25, -0.2) is 0 Å². The Bertz CT molecular complexity index is 818. The highest BCUT2D eigenvalue weighted by molar-refractivity contribution is 5.80. The summed E-state index contributed by atoms with van der Waals surface area (Å²) in [6.45, 7) is 9.25. The van der Waals surface area contributed by atoms with Gasteiger partial charge in [0.05, 0.1) is 12.5 Å². The van der Waals surface area contributed by atoms with E-state index in [0.717, 1.165) is 29.0 Å². The van der Waals surface area contributed by atoms with Crippen molar-refractivity contribution >= 4 is 5.97 Å². The molecule has 0 bridgehead atoms. The highest BCUT2D eigenvalue weighted by Crippen LogP contribution is 2.39. The molecule has 1 N–H and O–H groups in total. The molecule has 1 aliphatic carbocycles. The van der Waals surface area contributed by atoms with Gasteiger partial charge < -0.3 is 9.84 Å². The largest absolute Gasteiger partial charge is 0.493 e. The summed E-state index contributed by atoms with van der Waals surface area (Å²) in [4.78, 5) is 11.9. The van der Waals surface area contributed by atoms with Crippen LogP contribution in [0.3, 0.4) is 0 Å². The van der Waals surface area contributed by atoms with E-state index < -0.39 is 11.9 Å². The molecule has 1 saturated carbocycles. The molecular formula is C25H32O3. The summed E-state index contributed by atoms with van der Waals surface area (Å²) < 4.78 is 6.18. The minimum absolute atomic E-state index is 0.318. The molecule has 1 fully saturated rings. The summed E-state index contributed by atoms with van der Waals surface area (Å²) in [5, 5.41) is 9.80. The molecule has 28 heavy (non-hydrogen) atoms. The van der Waals surface area contributed by atoms with Gasteiger partial charge in [-0.2, -0.15) is 0 Å². The first-order valence-electron chi connectivity index (χ1n) is 10.5. The van der Waals surface area contributed by atoms with Gasteiger partial charge in [-0.3, -0.25) is 4.79 Å². The topological polar surface area (TPSA) is 46.5 Å². The SMILES string of the molecule is CC(C)CC(C(=O)O)c1ccc(OCC2CC2)c(-c2ccccc2C(C)C)c1. The molecule has 3 rings (SSSR count). The van der Waals surface area contributed by atoms with Gasteiger partial charge in [0, 0.05) is 5.56 Å². The van der Waals surface area contributed by atoms with E-state index in [-0.39, 0.29) is 0 Å². The Morgan fingerprint density at radius 1 is 1.07 bits per heavy atom. The fourth-order valence-electron chi connectivity index (χ4n) is 3.69. The van der Waals surface area contributed by atoms with Crippen molar-refractivity contribution in [1.82, 2.24) is 0 Å². The van der Waals surface area contributed by atoms with Gasteiger partial charge in [0.2, 0.25) is 0 Å². The Morgan fingerprint density at radius 3 is 2.39 bits per heavy atom. The first-order chi connectivity index (χ1) is 13.4. The molecule has 150 valence electrons. The maximum atomic E-state index is 11.9. The zero-order valence-electron chi connectivity index (χ0n) is 17.4. The molecule has 0 spiro atoms. The van der Waals surface area contributed by atoms with Crippen LogP contribution in [-0.2, 0) is 4.79 Å². The van der Waals surface area contributed by atoms with E-state index in [9.17, 15) is 9.90 Å².